The van der Waals surface area contributed by atoms with E-state index in [0.717, 1.165) is 24.5 Å². The van der Waals surface area contributed by atoms with Crippen molar-refractivity contribution in [3.63, 3.8) is 0 Å². The summed E-state index contributed by atoms with van der Waals surface area (Å²) < 4.78 is 16.0. The monoisotopic (exact) mass is 314 g/mol. The summed E-state index contributed by atoms with van der Waals surface area (Å²) >= 11 is 0. The van der Waals surface area contributed by atoms with E-state index < -0.39 is 0 Å². The summed E-state index contributed by atoms with van der Waals surface area (Å²) in [4.78, 5) is 4.60. The second-order valence-electron chi connectivity index (χ2n) is 6.97. The van der Waals surface area contributed by atoms with Gasteiger partial charge in [-0.3, -0.25) is 0 Å². The van der Waals surface area contributed by atoms with Crippen LogP contribution in [0, 0.1) is 5.41 Å². The molecule has 0 radical (unpaired) electrons. The van der Waals surface area contributed by atoms with E-state index in [1.165, 1.54) is 24.8 Å². The summed E-state index contributed by atoms with van der Waals surface area (Å²) in [6.45, 7) is 0.382. The maximum atomic E-state index is 5.63. The second-order valence-corrected chi connectivity index (χ2v) is 6.97. The van der Waals surface area contributed by atoms with E-state index in [0.29, 0.717) is 17.8 Å². The third-order valence-electron chi connectivity index (χ3n) is 5.56. The molecule has 1 heterocycles. The van der Waals surface area contributed by atoms with Gasteiger partial charge in [0.05, 0.1) is 12.5 Å². The van der Waals surface area contributed by atoms with E-state index in [1.807, 2.05) is 12.1 Å². The van der Waals surface area contributed by atoms with Crippen LogP contribution in [0.3, 0.4) is 0 Å². The molecule has 0 N–H and O–H groups in total. The molecule has 5 heteroatoms. The standard InChI is InChI=1S/C18H22N2O3/c1-21-10-15-19-16(23-20-15)18(11-17(12-18)8-3-9-17)13-4-6-14(22-2)7-5-13/h4-7H,3,8-12H2,1-2H3. The molecule has 2 aromatic rings. The number of rotatable bonds is 5. The van der Waals surface area contributed by atoms with E-state index in [1.54, 1.807) is 14.2 Å². The van der Waals surface area contributed by atoms with Gasteiger partial charge in [0.25, 0.3) is 0 Å². The Bertz CT molecular complexity index is 681. The van der Waals surface area contributed by atoms with Crippen LogP contribution in [0.4, 0.5) is 0 Å². The second kappa shape index (κ2) is 5.34. The summed E-state index contributed by atoms with van der Waals surface area (Å²) in [6.07, 6.45) is 6.19. The van der Waals surface area contributed by atoms with E-state index in [-0.39, 0.29) is 5.41 Å². The van der Waals surface area contributed by atoms with Crippen LogP contribution < -0.4 is 4.74 Å². The first kappa shape index (κ1) is 14.7. The zero-order valence-electron chi connectivity index (χ0n) is 13.7. The van der Waals surface area contributed by atoms with Crippen LogP contribution in [-0.4, -0.2) is 24.4 Å². The molecular formula is C18H22N2O3. The zero-order valence-corrected chi connectivity index (χ0v) is 13.7. The first-order valence-electron chi connectivity index (χ1n) is 8.16. The van der Waals surface area contributed by atoms with E-state index in [4.69, 9.17) is 14.0 Å². The Labute approximate surface area is 136 Å². The lowest BCUT2D eigenvalue weighted by atomic mass is 9.43. The van der Waals surface area contributed by atoms with Crippen molar-refractivity contribution in [1.29, 1.82) is 0 Å². The van der Waals surface area contributed by atoms with E-state index in [9.17, 15) is 0 Å². The number of hydrogen-bond acceptors (Lipinski definition) is 5. The molecule has 1 spiro atoms. The third kappa shape index (κ3) is 2.26. The molecule has 4 rings (SSSR count). The third-order valence-corrected chi connectivity index (χ3v) is 5.56. The molecule has 0 unspecified atom stereocenters. The minimum Gasteiger partial charge on any atom is -0.497 e. The summed E-state index contributed by atoms with van der Waals surface area (Å²) in [5, 5.41) is 4.07. The van der Waals surface area contributed by atoms with Gasteiger partial charge in [-0.1, -0.05) is 23.7 Å². The molecule has 0 amide bonds. The lowest BCUT2D eigenvalue weighted by Gasteiger charge is -2.59. The van der Waals surface area contributed by atoms with Crippen molar-refractivity contribution in [1.82, 2.24) is 10.1 Å². The number of ether oxygens (including phenoxy) is 2. The average molecular weight is 314 g/mol. The molecule has 1 aromatic carbocycles. The van der Waals surface area contributed by atoms with Gasteiger partial charge in [0, 0.05) is 7.11 Å². The lowest BCUT2D eigenvalue weighted by Crippen LogP contribution is -2.53. The highest BCUT2D eigenvalue weighted by Gasteiger charge is 2.61. The van der Waals surface area contributed by atoms with Gasteiger partial charge in [-0.15, -0.1) is 0 Å². The molecule has 5 nitrogen and oxygen atoms in total. The zero-order chi connectivity index (χ0) is 15.9. The van der Waals surface area contributed by atoms with E-state index >= 15 is 0 Å². The van der Waals surface area contributed by atoms with Gasteiger partial charge >= 0.3 is 0 Å². The Morgan fingerprint density at radius 1 is 1.13 bits per heavy atom. The van der Waals surface area contributed by atoms with E-state index in [2.05, 4.69) is 22.3 Å². The predicted octanol–water partition coefficient (Wildman–Crippen LogP) is 3.47. The molecular weight excluding hydrogens is 292 g/mol. The van der Waals surface area contributed by atoms with Crippen LogP contribution in [0.1, 0.15) is 49.4 Å². The average Bonchev–Trinajstić information content (AvgIpc) is 2.95. The summed E-state index contributed by atoms with van der Waals surface area (Å²) in [5.41, 5.74) is 1.59. The molecule has 0 aliphatic heterocycles. The van der Waals surface area contributed by atoms with Crippen LogP contribution >= 0.6 is 0 Å². The van der Waals surface area contributed by atoms with Gasteiger partial charge < -0.3 is 14.0 Å². The minimum atomic E-state index is -0.147. The van der Waals surface area contributed by atoms with Crippen molar-refractivity contribution >= 4 is 0 Å². The number of methoxy groups -OCH3 is 2. The molecule has 23 heavy (non-hydrogen) atoms. The molecule has 1 aromatic heterocycles. The highest BCUT2D eigenvalue weighted by molar-refractivity contribution is 5.41. The molecule has 0 bridgehead atoms. The number of nitrogens with zero attached hydrogens (tertiary/aromatic N) is 2. The largest absolute Gasteiger partial charge is 0.497 e. The quantitative estimate of drug-likeness (QED) is 0.845. The van der Waals surface area contributed by atoms with Gasteiger partial charge in [-0.2, -0.15) is 4.98 Å². The molecule has 2 aliphatic carbocycles. The SMILES string of the molecule is COCc1noc(C2(c3ccc(OC)cc3)CC3(CCC3)C2)n1. The predicted molar refractivity (Wildman–Crippen MR) is 84.3 cm³/mol. The Morgan fingerprint density at radius 3 is 2.43 bits per heavy atom. The smallest absolute Gasteiger partial charge is 0.237 e. The molecule has 0 atom stereocenters. The maximum Gasteiger partial charge on any atom is 0.237 e. The fraction of sp³-hybridized carbons (Fsp3) is 0.556. The molecule has 0 saturated heterocycles. The summed E-state index contributed by atoms with van der Waals surface area (Å²) in [6, 6.07) is 8.28. The fourth-order valence-corrected chi connectivity index (χ4v) is 4.28. The first-order valence-corrected chi connectivity index (χ1v) is 8.16. The maximum absolute atomic E-state index is 5.63. The van der Waals surface area contributed by atoms with Crippen LogP contribution in [0.2, 0.25) is 0 Å². The topological polar surface area (TPSA) is 57.4 Å². The number of benzene rings is 1. The molecule has 2 saturated carbocycles. The summed E-state index contributed by atoms with van der Waals surface area (Å²) in [7, 11) is 3.33. The molecule has 2 aliphatic rings. The lowest BCUT2D eigenvalue weighted by molar-refractivity contribution is -0.0425. The Kier molecular flexibility index (Phi) is 3.41. The van der Waals surface area contributed by atoms with Crippen molar-refractivity contribution < 1.29 is 14.0 Å². The van der Waals surface area contributed by atoms with Crippen molar-refractivity contribution in [3.8, 4) is 5.75 Å². The Balaban J connectivity index is 1.69. The fourth-order valence-electron chi connectivity index (χ4n) is 4.28. The highest BCUT2D eigenvalue weighted by atomic mass is 16.5. The first-order chi connectivity index (χ1) is 11.2. The minimum absolute atomic E-state index is 0.147. The van der Waals surface area contributed by atoms with Crippen LogP contribution in [0.15, 0.2) is 28.8 Å². The van der Waals surface area contributed by atoms with Crippen LogP contribution in [-0.2, 0) is 16.8 Å². The molecule has 2 fully saturated rings. The van der Waals surface area contributed by atoms with Gasteiger partial charge in [0.2, 0.25) is 5.89 Å². The highest BCUT2D eigenvalue weighted by Crippen LogP contribution is 2.66. The van der Waals surface area contributed by atoms with Gasteiger partial charge in [0.1, 0.15) is 12.4 Å². The normalized spacial score (nSPS) is 20.8. The van der Waals surface area contributed by atoms with Gasteiger partial charge in [0.15, 0.2) is 5.82 Å². The summed E-state index contributed by atoms with van der Waals surface area (Å²) in [5.74, 6) is 2.21. The van der Waals surface area contributed by atoms with Crippen molar-refractivity contribution in [2.24, 2.45) is 5.41 Å². The Hall–Kier alpha value is -1.88. The van der Waals surface area contributed by atoms with Crippen molar-refractivity contribution in [2.75, 3.05) is 14.2 Å². The van der Waals surface area contributed by atoms with Crippen LogP contribution in [0.5, 0.6) is 5.75 Å². The van der Waals surface area contributed by atoms with Crippen molar-refractivity contribution in [2.45, 2.75) is 44.1 Å². The van der Waals surface area contributed by atoms with Crippen LogP contribution in [0.25, 0.3) is 0 Å². The molecule has 122 valence electrons. The Morgan fingerprint density at radius 2 is 1.87 bits per heavy atom. The van der Waals surface area contributed by atoms with Gasteiger partial charge in [-0.25, -0.2) is 0 Å². The van der Waals surface area contributed by atoms with Crippen molar-refractivity contribution in [3.05, 3.63) is 41.5 Å². The van der Waals surface area contributed by atoms with Gasteiger partial charge in [-0.05, 0) is 48.8 Å². The number of aromatic nitrogens is 2. The number of hydrogen-bond donors (Lipinski definition) is 0.